The standard InChI is InChI=1S/C17H20N2O/c20-17(16-8-4-10-18-12-16)9-5-11-19(14-17)13-15-6-2-1-3-7-15/h1-4,6-8,10,12,20H,5,9,11,13-14H2. The minimum atomic E-state index is -0.763. The SMILES string of the molecule is OC1(c2cccnc2)CCCN(Cc2ccccc2)C1. The summed E-state index contributed by atoms with van der Waals surface area (Å²) in [5, 5.41) is 10.9. The molecule has 1 aromatic carbocycles. The van der Waals surface area contributed by atoms with Crippen molar-refractivity contribution in [1.82, 2.24) is 9.88 Å². The summed E-state index contributed by atoms with van der Waals surface area (Å²) in [6, 6.07) is 14.3. The van der Waals surface area contributed by atoms with E-state index in [9.17, 15) is 5.11 Å². The Bertz CT molecular complexity index is 543. The Morgan fingerprint density at radius 2 is 2.00 bits per heavy atom. The summed E-state index contributed by atoms with van der Waals surface area (Å²) < 4.78 is 0. The number of hydrogen-bond donors (Lipinski definition) is 1. The smallest absolute Gasteiger partial charge is 0.104 e. The normalized spacial score (nSPS) is 23.6. The summed E-state index contributed by atoms with van der Waals surface area (Å²) in [6.07, 6.45) is 5.35. The van der Waals surface area contributed by atoms with E-state index in [4.69, 9.17) is 0 Å². The molecule has 1 aliphatic heterocycles. The van der Waals surface area contributed by atoms with Gasteiger partial charge >= 0.3 is 0 Å². The van der Waals surface area contributed by atoms with Crippen LogP contribution in [0.3, 0.4) is 0 Å². The van der Waals surface area contributed by atoms with Crippen molar-refractivity contribution in [2.24, 2.45) is 0 Å². The van der Waals surface area contributed by atoms with Gasteiger partial charge in [0.2, 0.25) is 0 Å². The van der Waals surface area contributed by atoms with Gasteiger partial charge in [-0.3, -0.25) is 9.88 Å². The Balaban J connectivity index is 1.73. The molecular formula is C17H20N2O. The molecular weight excluding hydrogens is 248 g/mol. The van der Waals surface area contributed by atoms with Crippen LogP contribution in [0.2, 0.25) is 0 Å². The third kappa shape index (κ3) is 2.89. The quantitative estimate of drug-likeness (QED) is 0.929. The van der Waals surface area contributed by atoms with Crippen molar-refractivity contribution in [1.29, 1.82) is 0 Å². The molecule has 0 bridgehead atoms. The average molecular weight is 268 g/mol. The number of likely N-dealkylation sites (tertiary alicyclic amines) is 1. The molecule has 0 amide bonds. The lowest BCUT2D eigenvalue weighted by Gasteiger charge is -2.39. The molecule has 0 aliphatic carbocycles. The van der Waals surface area contributed by atoms with Gasteiger partial charge in [0.25, 0.3) is 0 Å². The van der Waals surface area contributed by atoms with Gasteiger partial charge in [0.15, 0.2) is 0 Å². The summed E-state index contributed by atoms with van der Waals surface area (Å²) in [5.41, 5.74) is 1.46. The lowest BCUT2D eigenvalue weighted by atomic mass is 9.86. The van der Waals surface area contributed by atoms with Crippen LogP contribution in [0.25, 0.3) is 0 Å². The van der Waals surface area contributed by atoms with Crippen molar-refractivity contribution in [3.8, 4) is 0 Å². The maximum atomic E-state index is 10.9. The third-order valence-electron chi connectivity index (χ3n) is 4.00. The number of aliphatic hydroxyl groups is 1. The molecule has 2 aromatic rings. The Morgan fingerprint density at radius 1 is 1.15 bits per heavy atom. The lowest BCUT2D eigenvalue weighted by molar-refractivity contribution is -0.0383. The fraction of sp³-hybridized carbons (Fsp3) is 0.353. The number of aromatic nitrogens is 1. The molecule has 1 saturated heterocycles. The summed E-state index contributed by atoms with van der Waals surface area (Å²) >= 11 is 0. The summed E-state index contributed by atoms with van der Waals surface area (Å²) in [4.78, 5) is 6.46. The van der Waals surface area contributed by atoms with Gasteiger partial charge in [-0.05, 0) is 31.0 Å². The van der Waals surface area contributed by atoms with Crippen LogP contribution in [0, 0.1) is 0 Å². The van der Waals surface area contributed by atoms with E-state index in [2.05, 4.69) is 34.1 Å². The van der Waals surface area contributed by atoms with E-state index in [1.165, 1.54) is 5.56 Å². The first-order chi connectivity index (χ1) is 9.76. The fourth-order valence-corrected chi connectivity index (χ4v) is 2.97. The summed E-state index contributed by atoms with van der Waals surface area (Å²) in [6.45, 7) is 2.61. The first-order valence-electron chi connectivity index (χ1n) is 7.15. The first kappa shape index (κ1) is 13.3. The van der Waals surface area contributed by atoms with Crippen LogP contribution in [0.1, 0.15) is 24.0 Å². The number of piperidine rings is 1. The minimum Gasteiger partial charge on any atom is -0.384 e. The van der Waals surface area contributed by atoms with Crippen LogP contribution in [0.5, 0.6) is 0 Å². The van der Waals surface area contributed by atoms with E-state index in [0.29, 0.717) is 6.54 Å². The van der Waals surface area contributed by atoms with Gasteiger partial charge in [0.05, 0.1) is 0 Å². The van der Waals surface area contributed by atoms with Gasteiger partial charge in [-0.2, -0.15) is 0 Å². The third-order valence-corrected chi connectivity index (χ3v) is 4.00. The van der Waals surface area contributed by atoms with Crippen molar-refractivity contribution >= 4 is 0 Å². The maximum Gasteiger partial charge on any atom is 0.104 e. The molecule has 0 radical (unpaired) electrons. The molecule has 20 heavy (non-hydrogen) atoms. The van der Waals surface area contributed by atoms with Crippen LogP contribution in [0.4, 0.5) is 0 Å². The van der Waals surface area contributed by atoms with E-state index < -0.39 is 5.60 Å². The summed E-state index contributed by atoms with van der Waals surface area (Å²) in [5.74, 6) is 0. The Morgan fingerprint density at radius 3 is 2.75 bits per heavy atom. The zero-order valence-corrected chi connectivity index (χ0v) is 11.6. The minimum absolute atomic E-state index is 0.674. The van der Waals surface area contributed by atoms with Crippen molar-refractivity contribution in [3.63, 3.8) is 0 Å². The van der Waals surface area contributed by atoms with Gasteiger partial charge in [0, 0.05) is 31.0 Å². The molecule has 1 atom stereocenters. The Labute approximate surface area is 119 Å². The number of β-amino-alcohol motifs (C(OH)–C–C–N with tert-alkyl or cyclic N) is 1. The molecule has 3 rings (SSSR count). The molecule has 1 fully saturated rings. The first-order valence-corrected chi connectivity index (χ1v) is 7.15. The van der Waals surface area contributed by atoms with Crippen molar-refractivity contribution < 1.29 is 5.11 Å². The number of hydrogen-bond acceptors (Lipinski definition) is 3. The van der Waals surface area contributed by atoms with E-state index >= 15 is 0 Å². The second-order valence-electron chi connectivity index (χ2n) is 5.57. The average Bonchev–Trinajstić information content (AvgIpc) is 2.49. The van der Waals surface area contributed by atoms with Crippen LogP contribution in [-0.4, -0.2) is 28.1 Å². The maximum absolute atomic E-state index is 10.9. The van der Waals surface area contributed by atoms with Crippen LogP contribution >= 0.6 is 0 Å². The summed E-state index contributed by atoms with van der Waals surface area (Å²) in [7, 11) is 0. The van der Waals surface area contributed by atoms with Crippen LogP contribution in [0.15, 0.2) is 54.9 Å². The number of benzene rings is 1. The highest BCUT2D eigenvalue weighted by Gasteiger charge is 2.34. The van der Waals surface area contributed by atoms with Gasteiger partial charge in [-0.15, -0.1) is 0 Å². The number of rotatable bonds is 3. The molecule has 0 saturated carbocycles. The molecule has 1 N–H and O–H groups in total. The highest BCUT2D eigenvalue weighted by atomic mass is 16.3. The predicted molar refractivity (Wildman–Crippen MR) is 79.1 cm³/mol. The zero-order valence-electron chi connectivity index (χ0n) is 11.6. The zero-order chi connectivity index (χ0) is 13.8. The second kappa shape index (κ2) is 5.73. The van der Waals surface area contributed by atoms with Gasteiger partial charge in [0.1, 0.15) is 5.60 Å². The van der Waals surface area contributed by atoms with Crippen LogP contribution < -0.4 is 0 Å². The number of nitrogens with zero attached hydrogens (tertiary/aromatic N) is 2. The lowest BCUT2D eigenvalue weighted by Crippen LogP contribution is -2.45. The van der Waals surface area contributed by atoms with E-state index in [-0.39, 0.29) is 0 Å². The molecule has 1 aromatic heterocycles. The molecule has 0 spiro atoms. The van der Waals surface area contributed by atoms with Crippen LogP contribution in [-0.2, 0) is 12.1 Å². The number of pyridine rings is 1. The monoisotopic (exact) mass is 268 g/mol. The van der Waals surface area contributed by atoms with Gasteiger partial charge in [-0.1, -0.05) is 36.4 Å². The van der Waals surface area contributed by atoms with E-state index in [1.54, 1.807) is 12.4 Å². The molecule has 3 heteroatoms. The highest BCUT2D eigenvalue weighted by Crippen LogP contribution is 2.31. The molecule has 1 unspecified atom stereocenters. The second-order valence-corrected chi connectivity index (χ2v) is 5.57. The fourth-order valence-electron chi connectivity index (χ4n) is 2.97. The molecule has 3 nitrogen and oxygen atoms in total. The molecule has 1 aliphatic rings. The topological polar surface area (TPSA) is 36.4 Å². The molecule has 2 heterocycles. The van der Waals surface area contributed by atoms with Gasteiger partial charge < -0.3 is 5.11 Å². The Hall–Kier alpha value is -1.71. The Kier molecular flexibility index (Phi) is 3.81. The highest BCUT2D eigenvalue weighted by molar-refractivity contribution is 5.20. The van der Waals surface area contributed by atoms with Crippen molar-refractivity contribution in [2.45, 2.75) is 25.0 Å². The largest absolute Gasteiger partial charge is 0.384 e. The van der Waals surface area contributed by atoms with Crippen molar-refractivity contribution in [2.75, 3.05) is 13.1 Å². The predicted octanol–water partition coefficient (Wildman–Crippen LogP) is 2.57. The van der Waals surface area contributed by atoms with Crippen molar-refractivity contribution in [3.05, 3.63) is 66.0 Å². The van der Waals surface area contributed by atoms with E-state index in [1.807, 2.05) is 18.2 Å². The van der Waals surface area contributed by atoms with Gasteiger partial charge in [-0.25, -0.2) is 0 Å². The van der Waals surface area contributed by atoms with E-state index in [0.717, 1.165) is 31.5 Å². The molecule has 104 valence electrons.